The molecule has 0 aliphatic carbocycles. The lowest BCUT2D eigenvalue weighted by atomic mass is 10.1. The Morgan fingerprint density at radius 2 is 1.60 bits per heavy atom. The van der Waals surface area contributed by atoms with Crippen LogP contribution in [0.25, 0.3) is 27.7 Å². The van der Waals surface area contributed by atoms with Crippen molar-refractivity contribution in [3.63, 3.8) is 0 Å². The number of fused-ring (bicyclic) bond motifs is 3. The molecule has 2 aromatic heterocycles. The van der Waals surface area contributed by atoms with Crippen molar-refractivity contribution in [1.29, 1.82) is 0 Å². The number of rotatable bonds is 1. The van der Waals surface area contributed by atoms with Gasteiger partial charge in [0.2, 0.25) is 0 Å². The molecule has 2 aromatic carbocycles. The van der Waals surface area contributed by atoms with Gasteiger partial charge in [-0.25, -0.2) is 0 Å². The highest BCUT2D eigenvalue weighted by molar-refractivity contribution is 5.86. The maximum atomic E-state index is 12.4. The summed E-state index contributed by atoms with van der Waals surface area (Å²) < 4.78 is 1.95. The van der Waals surface area contributed by atoms with Crippen LogP contribution in [0, 0.1) is 0 Å². The van der Waals surface area contributed by atoms with Crippen molar-refractivity contribution in [3.8, 4) is 11.1 Å². The minimum atomic E-state index is -0.0625. The van der Waals surface area contributed by atoms with Gasteiger partial charge in [0.05, 0.1) is 11.0 Å². The number of aromatic amines is 1. The molecule has 0 aliphatic rings. The molecule has 3 heteroatoms. The fourth-order valence-corrected chi connectivity index (χ4v) is 2.69. The van der Waals surface area contributed by atoms with E-state index in [-0.39, 0.29) is 5.56 Å². The van der Waals surface area contributed by atoms with Gasteiger partial charge in [-0.1, -0.05) is 42.5 Å². The standard InChI is InChI=1S/C17H12N2O/c20-17-16-13(12-6-2-1-3-7-12)10-11-19(16)15-9-5-4-8-14(15)18-17/h1-11H,(H,18,20). The van der Waals surface area contributed by atoms with Gasteiger partial charge in [0, 0.05) is 11.8 Å². The van der Waals surface area contributed by atoms with Crippen LogP contribution in [0.3, 0.4) is 0 Å². The minimum Gasteiger partial charge on any atom is -0.319 e. The number of nitrogens with zero attached hydrogens (tertiary/aromatic N) is 1. The van der Waals surface area contributed by atoms with E-state index in [0.717, 1.165) is 22.2 Å². The fraction of sp³-hybridized carbons (Fsp3) is 0. The van der Waals surface area contributed by atoms with Gasteiger partial charge in [0.15, 0.2) is 0 Å². The van der Waals surface area contributed by atoms with Crippen LogP contribution in [0.15, 0.2) is 71.7 Å². The Bertz CT molecular complexity index is 965. The van der Waals surface area contributed by atoms with E-state index < -0.39 is 0 Å². The predicted molar refractivity (Wildman–Crippen MR) is 81.0 cm³/mol. The fourth-order valence-electron chi connectivity index (χ4n) is 2.69. The molecule has 96 valence electrons. The maximum absolute atomic E-state index is 12.4. The van der Waals surface area contributed by atoms with Gasteiger partial charge < -0.3 is 9.38 Å². The van der Waals surface area contributed by atoms with Gasteiger partial charge in [-0.2, -0.15) is 0 Å². The van der Waals surface area contributed by atoms with E-state index in [9.17, 15) is 4.79 Å². The van der Waals surface area contributed by atoms with Crippen LogP contribution in [0.2, 0.25) is 0 Å². The quantitative estimate of drug-likeness (QED) is 0.559. The zero-order valence-corrected chi connectivity index (χ0v) is 10.7. The normalized spacial score (nSPS) is 11.2. The van der Waals surface area contributed by atoms with Crippen LogP contribution in [0.1, 0.15) is 0 Å². The molecule has 3 nitrogen and oxygen atoms in total. The van der Waals surface area contributed by atoms with Gasteiger partial charge in [0.25, 0.3) is 5.56 Å². The van der Waals surface area contributed by atoms with Gasteiger partial charge >= 0.3 is 0 Å². The molecule has 0 unspecified atom stereocenters. The van der Waals surface area contributed by atoms with Crippen molar-refractivity contribution in [1.82, 2.24) is 9.38 Å². The van der Waals surface area contributed by atoms with E-state index in [0.29, 0.717) is 5.52 Å². The number of benzene rings is 2. The average Bonchev–Trinajstić information content (AvgIpc) is 2.94. The number of para-hydroxylation sites is 2. The van der Waals surface area contributed by atoms with Crippen molar-refractivity contribution in [3.05, 3.63) is 77.2 Å². The molecule has 20 heavy (non-hydrogen) atoms. The smallest absolute Gasteiger partial charge is 0.273 e. The molecule has 4 aromatic rings. The van der Waals surface area contributed by atoms with Crippen molar-refractivity contribution >= 4 is 16.6 Å². The monoisotopic (exact) mass is 260 g/mol. The highest BCUT2D eigenvalue weighted by Crippen LogP contribution is 2.25. The lowest BCUT2D eigenvalue weighted by Crippen LogP contribution is -2.10. The summed E-state index contributed by atoms with van der Waals surface area (Å²) in [6, 6.07) is 19.8. The number of H-pyrrole nitrogens is 1. The average molecular weight is 260 g/mol. The third-order valence-electron chi connectivity index (χ3n) is 3.60. The Labute approximate surface area is 115 Å². The first kappa shape index (κ1) is 11.1. The van der Waals surface area contributed by atoms with E-state index in [1.165, 1.54) is 0 Å². The number of aromatic nitrogens is 2. The largest absolute Gasteiger partial charge is 0.319 e. The van der Waals surface area contributed by atoms with E-state index in [1.807, 2.05) is 71.3 Å². The SMILES string of the molecule is O=c1[nH]c2ccccc2n2ccc(-c3ccccc3)c12. The van der Waals surface area contributed by atoms with Crippen molar-refractivity contribution in [2.75, 3.05) is 0 Å². The molecule has 2 heterocycles. The number of nitrogens with one attached hydrogen (secondary N) is 1. The Kier molecular flexibility index (Phi) is 2.27. The Balaban J connectivity index is 2.16. The maximum Gasteiger partial charge on any atom is 0.273 e. The molecule has 1 N–H and O–H groups in total. The third-order valence-corrected chi connectivity index (χ3v) is 3.60. The van der Waals surface area contributed by atoms with E-state index in [4.69, 9.17) is 0 Å². The zero-order chi connectivity index (χ0) is 13.5. The first-order valence-electron chi connectivity index (χ1n) is 6.52. The first-order chi connectivity index (χ1) is 9.84. The summed E-state index contributed by atoms with van der Waals surface area (Å²) in [7, 11) is 0. The van der Waals surface area contributed by atoms with Crippen LogP contribution in [-0.2, 0) is 0 Å². The molecule has 0 aliphatic heterocycles. The lowest BCUT2D eigenvalue weighted by molar-refractivity contribution is 1.19. The van der Waals surface area contributed by atoms with Gasteiger partial charge in [-0.15, -0.1) is 0 Å². The van der Waals surface area contributed by atoms with Gasteiger partial charge in [-0.05, 0) is 23.8 Å². The molecule has 4 rings (SSSR count). The van der Waals surface area contributed by atoms with Crippen LogP contribution < -0.4 is 5.56 Å². The summed E-state index contributed by atoms with van der Waals surface area (Å²) in [5, 5.41) is 0. The highest BCUT2D eigenvalue weighted by atomic mass is 16.1. The summed E-state index contributed by atoms with van der Waals surface area (Å²) >= 11 is 0. The third kappa shape index (κ3) is 1.50. The lowest BCUT2D eigenvalue weighted by Gasteiger charge is -2.04. The molecule has 0 amide bonds. The Morgan fingerprint density at radius 1 is 0.850 bits per heavy atom. The van der Waals surface area contributed by atoms with E-state index in [2.05, 4.69) is 4.98 Å². The van der Waals surface area contributed by atoms with Crippen molar-refractivity contribution < 1.29 is 0 Å². The molecule has 0 saturated carbocycles. The molecular weight excluding hydrogens is 248 g/mol. The van der Waals surface area contributed by atoms with Crippen LogP contribution in [0.5, 0.6) is 0 Å². The highest BCUT2D eigenvalue weighted by Gasteiger charge is 2.10. The summed E-state index contributed by atoms with van der Waals surface area (Å²) in [6.45, 7) is 0. The molecule has 0 bridgehead atoms. The Morgan fingerprint density at radius 3 is 2.45 bits per heavy atom. The molecule has 0 radical (unpaired) electrons. The predicted octanol–water partition coefficient (Wildman–Crippen LogP) is 3.45. The van der Waals surface area contributed by atoms with Crippen LogP contribution >= 0.6 is 0 Å². The Hall–Kier alpha value is -2.81. The minimum absolute atomic E-state index is 0.0625. The summed E-state index contributed by atoms with van der Waals surface area (Å²) in [5.41, 5.74) is 4.49. The van der Waals surface area contributed by atoms with E-state index in [1.54, 1.807) is 0 Å². The molecule has 0 fully saturated rings. The van der Waals surface area contributed by atoms with Crippen molar-refractivity contribution in [2.45, 2.75) is 0 Å². The zero-order valence-electron chi connectivity index (χ0n) is 10.7. The second-order valence-electron chi connectivity index (χ2n) is 4.79. The van der Waals surface area contributed by atoms with Crippen molar-refractivity contribution in [2.24, 2.45) is 0 Å². The van der Waals surface area contributed by atoms with Gasteiger partial charge in [-0.3, -0.25) is 4.79 Å². The summed E-state index contributed by atoms with van der Waals surface area (Å²) in [4.78, 5) is 15.3. The summed E-state index contributed by atoms with van der Waals surface area (Å²) in [5.74, 6) is 0. The van der Waals surface area contributed by atoms with Crippen LogP contribution in [-0.4, -0.2) is 9.38 Å². The first-order valence-corrected chi connectivity index (χ1v) is 6.52. The molecule has 0 atom stereocenters. The summed E-state index contributed by atoms with van der Waals surface area (Å²) in [6.07, 6.45) is 1.95. The topological polar surface area (TPSA) is 37.3 Å². The van der Waals surface area contributed by atoms with Crippen LogP contribution in [0.4, 0.5) is 0 Å². The second kappa shape index (κ2) is 4.10. The van der Waals surface area contributed by atoms with Gasteiger partial charge in [0.1, 0.15) is 5.52 Å². The second-order valence-corrected chi connectivity index (χ2v) is 4.79. The molecule has 0 saturated heterocycles. The number of hydrogen-bond acceptors (Lipinski definition) is 1. The number of hydrogen-bond donors (Lipinski definition) is 1. The molecular formula is C17H12N2O. The van der Waals surface area contributed by atoms with E-state index >= 15 is 0 Å². The molecule has 0 spiro atoms.